The molecule has 0 saturated heterocycles. The predicted molar refractivity (Wildman–Crippen MR) is 117 cm³/mol. The first-order valence-corrected chi connectivity index (χ1v) is 10.3. The molecule has 1 saturated carbocycles. The molecule has 31 heavy (non-hydrogen) atoms. The van der Waals surface area contributed by atoms with Crippen molar-refractivity contribution in [2.45, 2.75) is 51.0 Å². The zero-order chi connectivity index (χ0) is 23.4. The number of ketones is 1. The molecule has 4 atom stereocenters. The number of hydrogen-bond acceptors (Lipinski definition) is 6. The Morgan fingerprint density at radius 1 is 1.10 bits per heavy atom. The highest BCUT2D eigenvalue weighted by atomic mass is 16.5. The third kappa shape index (κ3) is 5.50. The van der Waals surface area contributed by atoms with Crippen molar-refractivity contribution in [3.05, 3.63) is 60.7 Å². The Morgan fingerprint density at radius 2 is 1.61 bits per heavy atom. The minimum absolute atomic E-state index is 0.0411. The summed E-state index contributed by atoms with van der Waals surface area (Å²) in [5.74, 6) is -5.21. The van der Waals surface area contributed by atoms with Crippen LogP contribution >= 0.6 is 0 Å². The Labute approximate surface area is 183 Å². The highest BCUT2D eigenvalue weighted by molar-refractivity contribution is 6.02. The van der Waals surface area contributed by atoms with E-state index in [1.165, 1.54) is 19.1 Å². The largest absolute Gasteiger partial charge is 0.461 e. The summed E-state index contributed by atoms with van der Waals surface area (Å²) in [4.78, 5) is 38.7. The van der Waals surface area contributed by atoms with E-state index < -0.39 is 41.1 Å². The molecule has 4 unspecified atom stereocenters. The molecule has 0 radical (unpaired) electrons. The highest BCUT2D eigenvalue weighted by Gasteiger charge is 2.57. The molecular formula is C25H32O6. The molecule has 1 fully saturated rings. The standard InChI is InChI=1S/C25H32O6/c1-7-13-30-22(27)20-18(26)15-25(6,29)21(23(28)31-14-8-2)19(20)16-9-11-17(12-10-16)24(3,4)5/h7-12,19-21,29H,1-2,13-15H2,3-6H3. The minimum Gasteiger partial charge on any atom is -0.461 e. The van der Waals surface area contributed by atoms with Crippen LogP contribution in [0.15, 0.2) is 49.6 Å². The monoisotopic (exact) mass is 428 g/mol. The molecule has 0 aromatic heterocycles. The van der Waals surface area contributed by atoms with Crippen molar-refractivity contribution in [2.24, 2.45) is 11.8 Å². The van der Waals surface area contributed by atoms with Gasteiger partial charge in [0.2, 0.25) is 0 Å². The summed E-state index contributed by atoms with van der Waals surface area (Å²) in [7, 11) is 0. The number of Topliss-reactive ketones (excluding diaryl/α,β-unsaturated/α-hetero) is 1. The number of carbonyl (C=O) groups excluding carboxylic acids is 3. The van der Waals surface area contributed by atoms with Crippen LogP contribution in [0, 0.1) is 11.8 Å². The fourth-order valence-corrected chi connectivity index (χ4v) is 4.08. The second-order valence-electron chi connectivity index (χ2n) is 9.19. The van der Waals surface area contributed by atoms with Crippen molar-refractivity contribution in [1.29, 1.82) is 0 Å². The van der Waals surface area contributed by atoms with Crippen molar-refractivity contribution in [1.82, 2.24) is 0 Å². The molecule has 0 spiro atoms. The first kappa shape index (κ1) is 24.5. The van der Waals surface area contributed by atoms with Gasteiger partial charge in [0.15, 0.2) is 5.78 Å². The minimum atomic E-state index is -1.68. The lowest BCUT2D eigenvalue weighted by atomic mass is 9.61. The summed E-state index contributed by atoms with van der Waals surface area (Å²) in [6.07, 6.45) is 2.47. The van der Waals surface area contributed by atoms with Crippen molar-refractivity contribution in [3.8, 4) is 0 Å². The van der Waals surface area contributed by atoms with Crippen LogP contribution in [0.5, 0.6) is 0 Å². The maximum absolute atomic E-state index is 13.0. The lowest BCUT2D eigenvalue weighted by molar-refractivity contribution is -0.171. The maximum atomic E-state index is 13.0. The average Bonchev–Trinajstić information content (AvgIpc) is 2.68. The van der Waals surface area contributed by atoms with Crippen LogP contribution in [0.3, 0.4) is 0 Å². The van der Waals surface area contributed by atoms with Crippen LogP contribution in [0.25, 0.3) is 0 Å². The fraction of sp³-hybridized carbons (Fsp3) is 0.480. The van der Waals surface area contributed by atoms with Gasteiger partial charge in [0.05, 0.1) is 11.5 Å². The molecule has 1 N–H and O–H groups in total. The van der Waals surface area contributed by atoms with E-state index in [-0.39, 0.29) is 25.0 Å². The number of benzene rings is 1. The number of aliphatic hydroxyl groups is 1. The van der Waals surface area contributed by atoms with Crippen LogP contribution in [0.4, 0.5) is 0 Å². The summed E-state index contributed by atoms with van der Waals surface area (Å²) >= 11 is 0. The van der Waals surface area contributed by atoms with Gasteiger partial charge in [0.25, 0.3) is 0 Å². The van der Waals surface area contributed by atoms with E-state index in [9.17, 15) is 19.5 Å². The Balaban J connectivity index is 2.60. The Kier molecular flexibility index (Phi) is 7.60. The van der Waals surface area contributed by atoms with E-state index >= 15 is 0 Å². The third-order valence-corrected chi connectivity index (χ3v) is 5.62. The molecule has 1 aliphatic carbocycles. The number of hydrogen-bond donors (Lipinski definition) is 1. The van der Waals surface area contributed by atoms with Crippen LogP contribution in [-0.4, -0.2) is 41.6 Å². The van der Waals surface area contributed by atoms with Crippen LogP contribution in [0.1, 0.15) is 51.2 Å². The van der Waals surface area contributed by atoms with Gasteiger partial charge in [-0.05, 0) is 23.5 Å². The Bertz CT molecular complexity index is 844. The topological polar surface area (TPSA) is 89.9 Å². The number of carbonyl (C=O) groups is 3. The van der Waals surface area contributed by atoms with Crippen molar-refractivity contribution in [3.63, 3.8) is 0 Å². The molecule has 2 rings (SSSR count). The van der Waals surface area contributed by atoms with Gasteiger partial charge in [-0.25, -0.2) is 0 Å². The van der Waals surface area contributed by atoms with Crippen molar-refractivity contribution in [2.75, 3.05) is 13.2 Å². The van der Waals surface area contributed by atoms with Crippen molar-refractivity contribution >= 4 is 17.7 Å². The van der Waals surface area contributed by atoms with Crippen molar-refractivity contribution < 1.29 is 29.0 Å². The van der Waals surface area contributed by atoms with E-state index in [1.807, 2.05) is 12.1 Å². The van der Waals surface area contributed by atoms with E-state index in [0.29, 0.717) is 5.56 Å². The van der Waals surface area contributed by atoms with Crippen LogP contribution in [-0.2, 0) is 29.3 Å². The SMILES string of the molecule is C=CCOC(=O)C1C(=O)CC(C)(O)C(C(=O)OCC=C)C1c1ccc(C(C)(C)C)cc1. The molecule has 0 amide bonds. The second kappa shape index (κ2) is 9.60. The molecule has 1 aromatic rings. The summed E-state index contributed by atoms with van der Waals surface area (Å²) in [5, 5.41) is 11.0. The molecular weight excluding hydrogens is 396 g/mol. The molecule has 6 heteroatoms. The zero-order valence-electron chi connectivity index (χ0n) is 18.7. The number of esters is 2. The molecule has 6 nitrogen and oxygen atoms in total. The van der Waals surface area contributed by atoms with E-state index in [0.717, 1.165) is 5.56 Å². The number of rotatable bonds is 7. The Morgan fingerprint density at radius 3 is 2.10 bits per heavy atom. The van der Waals surface area contributed by atoms with E-state index in [4.69, 9.17) is 9.47 Å². The number of ether oxygens (including phenoxy) is 2. The van der Waals surface area contributed by atoms with Gasteiger partial charge in [-0.3, -0.25) is 14.4 Å². The average molecular weight is 429 g/mol. The summed E-state index contributed by atoms with van der Waals surface area (Å²) in [6.45, 7) is 14.6. The van der Waals surface area contributed by atoms with Gasteiger partial charge >= 0.3 is 11.9 Å². The van der Waals surface area contributed by atoms with E-state index in [2.05, 4.69) is 33.9 Å². The lowest BCUT2D eigenvalue weighted by Gasteiger charge is -2.43. The molecule has 0 aliphatic heterocycles. The lowest BCUT2D eigenvalue weighted by Crippen LogP contribution is -2.55. The predicted octanol–water partition coefficient (Wildman–Crippen LogP) is 3.48. The third-order valence-electron chi connectivity index (χ3n) is 5.62. The maximum Gasteiger partial charge on any atom is 0.317 e. The van der Waals surface area contributed by atoms with Gasteiger partial charge < -0.3 is 14.6 Å². The molecule has 1 aromatic carbocycles. The zero-order valence-corrected chi connectivity index (χ0v) is 18.7. The molecule has 0 heterocycles. The normalized spacial score (nSPS) is 26.1. The first-order chi connectivity index (χ1) is 14.4. The smallest absolute Gasteiger partial charge is 0.317 e. The summed E-state index contributed by atoms with van der Waals surface area (Å²) < 4.78 is 10.4. The van der Waals surface area contributed by atoms with Gasteiger partial charge in [-0.15, -0.1) is 0 Å². The summed E-state index contributed by atoms with van der Waals surface area (Å²) in [6, 6.07) is 7.39. The Hall–Kier alpha value is -2.73. The first-order valence-electron chi connectivity index (χ1n) is 10.3. The molecule has 0 bridgehead atoms. The second-order valence-corrected chi connectivity index (χ2v) is 9.19. The van der Waals surface area contributed by atoms with Crippen LogP contribution in [0.2, 0.25) is 0 Å². The highest BCUT2D eigenvalue weighted by Crippen LogP contribution is 2.47. The molecule has 168 valence electrons. The fourth-order valence-electron chi connectivity index (χ4n) is 4.08. The van der Waals surface area contributed by atoms with Gasteiger partial charge in [0, 0.05) is 12.3 Å². The van der Waals surface area contributed by atoms with Gasteiger partial charge in [0.1, 0.15) is 19.1 Å². The van der Waals surface area contributed by atoms with Crippen LogP contribution < -0.4 is 0 Å². The van der Waals surface area contributed by atoms with Gasteiger partial charge in [-0.2, -0.15) is 0 Å². The molecule has 1 aliphatic rings. The van der Waals surface area contributed by atoms with Gasteiger partial charge in [-0.1, -0.05) is 70.3 Å². The summed E-state index contributed by atoms with van der Waals surface area (Å²) in [5.41, 5.74) is -0.140. The quantitative estimate of drug-likeness (QED) is 0.406. The van der Waals surface area contributed by atoms with E-state index in [1.54, 1.807) is 12.1 Å².